The molecule has 4 nitrogen and oxygen atoms in total. The van der Waals surface area contributed by atoms with Gasteiger partial charge < -0.3 is 0 Å². The van der Waals surface area contributed by atoms with Crippen LogP contribution in [0.15, 0.2) is 109 Å². The first-order valence-electron chi connectivity index (χ1n) is 18.2. The first-order chi connectivity index (χ1) is 25.6. The van der Waals surface area contributed by atoms with Crippen LogP contribution in [-0.4, -0.2) is 49.5 Å². The van der Waals surface area contributed by atoms with Gasteiger partial charge in [-0.25, -0.2) is 0 Å². The summed E-state index contributed by atoms with van der Waals surface area (Å²) in [5, 5.41) is 0. The Labute approximate surface area is 335 Å². The molecular weight excluding hydrogens is 906 g/mol. The van der Waals surface area contributed by atoms with Crippen LogP contribution >= 0.6 is 28.2 Å². The third kappa shape index (κ3) is 9.96. The summed E-state index contributed by atoms with van der Waals surface area (Å²) in [6.45, 7) is 5.92. The zero-order valence-corrected chi connectivity index (χ0v) is 36.3. The molecule has 0 aliphatic rings. The number of fused-ring (bicyclic) bond motifs is 1. The van der Waals surface area contributed by atoms with Gasteiger partial charge in [-0.15, -0.1) is 0 Å². The van der Waals surface area contributed by atoms with E-state index in [4.69, 9.17) is 19.4 Å². The second kappa shape index (κ2) is 19.9. The summed E-state index contributed by atoms with van der Waals surface area (Å²) >= 11 is 7.84. The van der Waals surface area contributed by atoms with Gasteiger partial charge in [-0.1, -0.05) is 52.4 Å². The fraction of sp³-hybridized carbons (Fsp3) is 0.273. The number of rotatable bonds is 18. The number of hydrogen-bond acceptors (Lipinski definition) is 4. The molecule has 0 aliphatic heterocycles. The molecule has 6 rings (SSSR count). The molecule has 0 N–H and O–H groups in total. The van der Waals surface area contributed by atoms with E-state index in [1.807, 2.05) is 0 Å². The van der Waals surface area contributed by atoms with Gasteiger partial charge in [0.15, 0.2) is 0 Å². The summed E-state index contributed by atoms with van der Waals surface area (Å²) < 4.78 is 14.8. The molecule has 1 heterocycles. The Bertz CT molecular complexity index is 1910. The van der Waals surface area contributed by atoms with Crippen LogP contribution in [0.1, 0.15) is 65.2 Å². The fourth-order valence-corrected chi connectivity index (χ4v) is 9.64. The number of benzene rings is 5. The van der Waals surface area contributed by atoms with E-state index in [0.717, 1.165) is 93.4 Å². The van der Waals surface area contributed by atoms with E-state index in [1.54, 1.807) is 0 Å². The van der Waals surface area contributed by atoms with Crippen molar-refractivity contribution in [1.29, 1.82) is 0 Å². The maximum atomic E-state index is 6.12. The van der Waals surface area contributed by atoms with Gasteiger partial charge in [-0.3, -0.25) is 0 Å². The fourth-order valence-electron chi connectivity index (χ4n) is 6.28. The normalized spacial score (nSPS) is 11.2. The van der Waals surface area contributed by atoms with Crippen LogP contribution in [-0.2, 0) is 0 Å². The standard InChI is InChI=1S/C44H44Br2N2O2Se2/c1-3-5-7-9-27-49-35-21-17-31(18-22-35)41-42(32-19-23-36(24-20-32)50-28-10-8-6-4-2)48-44-40(34-14-12-16-38(30-34)52-46)26-25-39(43(44)47-41)33-13-11-15-37(29-33)51-45/h11-26,29-30H,3-10,27-28H2,1-2H3. The van der Waals surface area contributed by atoms with Crippen molar-refractivity contribution < 1.29 is 9.47 Å². The van der Waals surface area contributed by atoms with E-state index in [1.165, 1.54) is 47.4 Å². The summed E-state index contributed by atoms with van der Waals surface area (Å²) in [5.41, 5.74) is 9.84. The predicted molar refractivity (Wildman–Crippen MR) is 229 cm³/mol. The van der Waals surface area contributed by atoms with Crippen LogP contribution in [0.3, 0.4) is 0 Å². The van der Waals surface area contributed by atoms with Crippen molar-refractivity contribution in [2.45, 2.75) is 65.2 Å². The monoisotopic (exact) mass is 950 g/mol. The summed E-state index contributed by atoms with van der Waals surface area (Å²) in [5.74, 6) is 1.75. The molecule has 0 fully saturated rings. The first-order valence-corrected chi connectivity index (χ1v) is 27.9. The second-order valence-electron chi connectivity index (χ2n) is 12.9. The summed E-state index contributed by atoms with van der Waals surface area (Å²) in [7, 11) is 0. The molecule has 0 amide bonds. The van der Waals surface area contributed by atoms with E-state index >= 15 is 0 Å². The van der Waals surface area contributed by atoms with Crippen LogP contribution in [0.2, 0.25) is 0 Å². The molecule has 8 heteroatoms. The molecule has 1 aromatic heterocycles. The maximum absolute atomic E-state index is 6.12. The summed E-state index contributed by atoms with van der Waals surface area (Å²) in [6, 6.07) is 38.6. The molecule has 5 aromatic carbocycles. The molecule has 52 heavy (non-hydrogen) atoms. The second-order valence-corrected chi connectivity index (χ2v) is 18.8. The van der Waals surface area contributed by atoms with Gasteiger partial charge >= 0.3 is 259 Å². The van der Waals surface area contributed by atoms with Gasteiger partial charge in [-0.05, 0) is 12.8 Å². The number of ether oxygens (including phenoxy) is 2. The molecule has 0 aliphatic carbocycles. The third-order valence-electron chi connectivity index (χ3n) is 9.08. The number of aromatic nitrogens is 2. The Morgan fingerprint density at radius 1 is 0.481 bits per heavy atom. The van der Waals surface area contributed by atoms with Crippen molar-refractivity contribution in [2.24, 2.45) is 0 Å². The minimum absolute atomic E-state index is 0.200. The third-order valence-corrected chi connectivity index (χ3v) is 14.8. The number of halogens is 2. The minimum atomic E-state index is 0.200. The molecule has 0 atom stereocenters. The molecular formula is C44H44Br2N2O2Se2. The predicted octanol–water partition coefficient (Wildman–Crippen LogP) is 11.5. The molecule has 0 spiro atoms. The quantitative estimate of drug-likeness (QED) is 0.0636. The molecule has 0 saturated heterocycles. The van der Waals surface area contributed by atoms with E-state index < -0.39 is 0 Å². The summed E-state index contributed by atoms with van der Waals surface area (Å²) in [6.07, 6.45) is 9.43. The van der Waals surface area contributed by atoms with E-state index in [9.17, 15) is 0 Å². The van der Waals surface area contributed by atoms with Crippen molar-refractivity contribution in [2.75, 3.05) is 13.2 Å². The zero-order valence-electron chi connectivity index (χ0n) is 29.7. The van der Waals surface area contributed by atoms with Gasteiger partial charge in [0, 0.05) is 0 Å². The van der Waals surface area contributed by atoms with Crippen molar-refractivity contribution in [1.82, 2.24) is 9.97 Å². The molecule has 0 bridgehead atoms. The zero-order chi connectivity index (χ0) is 36.1. The molecule has 0 unspecified atom stereocenters. The average molecular weight is 951 g/mol. The van der Waals surface area contributed by atoms with E-state index in [-0.39, 0.29) is 26.3 Å². The Kier molecular flexibility index (Phi) is 14.8. The van der Waals surface area contributed by atoms with Crippen molar-refractivity contribution in [3.05, 3.63) is 109 Å². The van der Waals surface area contributed by atoms with Crippen molar-refractivity contribution in [3.63, 3.8) is 0 Å². The van der Waals surface area contributed by atoms with Gasteiger partial charge in [0.05, 0.1) is 13.2 Å². The van der Waals surface area contributed by atoms with Crippen LogP contribution in [0, 0.1) is 0 Å². The molecule has 6 aromatic rings. The van der Waals surface area contributed by atoms with Crippen LogP contribution in [0.4, 0.5) is 0 Å². The Balaban J connectivity index is 1.49. The van der Waals surface area contributed by atoms with Crippen LogP contribution < -0.4 is 18.4 Å². The Morgan fingerprint density at radius 2 is 0.904 bits per heavy atom. The topological polar surface area (TPSA) is 44.2 Å². The number of hydrogen-bond donors (Lipinski definition) is 0. The van der Waals surface area contributed by atoms with Crippen molar-refractivity contribution in [3.8, 4) is 56.3 Å². The van der Waals surface area contributed by atoms with E-state index in [2.05, 4.69) is 151 Å². The first kappa shape index (κ1) is 38.8. The van der Waals surface area contributed by atoms with E-state index in [0.29, 0.717) is 0 Å². The molecule has 268 valence electrons. The van der Waals surface area contributed by atoms with Crippen molar-refractivity contribution >= 4 is 74.5 Å². The average Bonchev–Trinajstić information content (AvgIpc) is 3.20. The summed E-state index contributed by atoms with van der Waals surface area (Å²) in [4.78, 5) is 11.1. The van der Waals surface area contributed by atoms with Gasteiger partial charge in [-0.2, -0.15) is 0 Å². The van der Waals surface area contributed by atoms with Crippen LogP contribution in [0.5, 0.6) is 11.5 Å². The van der Waals surface area contributed by atoms with Gasteiger partial charge in [0.1, 0.15) is 0 Å². The Morgan fingerprint density at radius 3 is 1.29 bits per heavy atom. The Hall–Kier alpha value is -2.96. The molecule has 0 radical (unpaired) electrons. The molecule has 0 saturated carbocycles. The SMILES string of the molecule is CCCCCCOc1ccc(-c2nc3c(-c4cccc([Se]Br)c4)ccc(-c4cccc([Se]Br)c4)c3nc2-c2ccc(OCCCCCC)cc2)cc1. The van der Waals surface area contributed by atoms with Gasteiger partial charge in [0.25, 0.3) is 0 Å². The van der Waals surface area contributed by atoms with Gasteiger partial charge in [0.2, 0.25) is 0 Å². The number of unbranched alkanes of at least 4 members (excludes halogenated alkanes) is 6. The number of nitrogens with zero attached hydrogens (tertiary/aromatic N) is 2. The van der Waals surface area contributed by atoms with Crippen LogP contribution in [0.25, 0.3) is 55.8 Å².